The van der Waals surface area contributed by atoms with Crippen molar-refractivity contribution < 1.29 is 35.3 Å². The topological polar surface area (TPSA) is 4.93 Å². The minimum atomic E-state index is 0. The van der Waals surface area contributed by atoms with E-state index in [2.05, 4.69) is 65.2 Å². The molecule has 128 valence electrons. The molecule has 0 N–H and O–H groups in total. The van der Waals surface area contributed by atoms with Gasteiger partial charge in [0.15, 0.2) is 0 Å². The Kier molecular flexibility index (Phi) is 6.04. The second-order valence-corrected chi connectivity index (χ2v) is 6.33. The van der Waals surface area contributed by atoms with Crippen molar-refractivity contribution in [1.29, 1.82) is 0 Å². The Labute approximate surface area is 164 Å². The summed E-state index contributed by atoms with van der Waals surface area (Å²) < 4.78 is 2.50. The molecule has 1 aliphatic rings. The van der Waals surface area contributed by atoms with Crippen molar-refractivity contribution in [2.45, 2.75) is 25.7 Å². The van der Waals surface area contributed by atoms with E-state index in [1.54, 1.807) is 5.56 Å². The van der Waals surface area contributed by atoms with Gasteiger partial charge in [0.1, 0.15) is 0 Å². The van der Waals surface area contributed by atoms with E-state index >= 15 is 0 Å². The average Bonchev–Trinajstić information content (AvgIpc) is 3.13. The molecule has 0 amide bonds. The van der Waals surface area contributed by atoms with Crippen LogP contribution in [-0.2, 0) is 38.7 Å². The zero-order valence-electron chi connectivity index (χ0n) is 13.9. The molecule has 25 heavy (non-hydrogen) atoms. The van der Waals surface area contributed by atoms with Crippen LogP contribution in [0.4, 0.5) is 9.41 Å². The molecule has 1 nitrogen and oxygen atoms in total. The van der Waals surface area contributed by atoms with Crippen LogP contribution in [0.3, 0.4) is 0 Å². The Hall–Kier alpha value is -1.68. The number of aromatic nitrogens is 1. The van der Waals surface area contributed by atoms with Crippen molar-refractivity contribution in [3.8, 4) is 5.69 Å². The van der Waals surface area contributed by atoms with Crippen molar-refractivity contribution in [2.75, 3.05) is 0 Å². The van der Waals surface area contributed by atoms with Gasteiger partial charge >= 0.3 is 0 Å². The molecule has 0 saturated heterocycles. The van der Waals surface area contributed by atoms with Crippen LogP contribution in [0, 0.1) is 0 Å². The zero-order valence-corrected chi connectivity index (χ0v) is 17.5. The Balaban J connectivity index is 0.000000751. The Morgan fingerprint density at radius 1 is 0.840 bits per heavy atom. The summed E-state index contributed by atoms with van der Waals surface area (Å²) in [5.74, 6) is 0. The molecule has 0 spiro atoms. The molecule has 1 aromatic heterocycles. The van der Waals surface area contributed by atoms with Gasteiger partial charge in [0.2, 0.25) is 0 Å². The van der Waals surface area contributed by atoms with Gasteiger partial charge in [0.05, 0.1) is 5.52 Å². The van der Waals surface area contributed by atoms with Crippen LogP contribution in [0.2, 0.25) is 0 Å². The first-order valence-corrected chi connectivity index (χ1v) is 8.19. The van der Waals surface area contributed by atoms with Crippen LogP contribution in [-0.4, -0.2) is 4.57 Å². The Bertz CT molecular complexity index is 967. The number of benzene rings is 2. The summed E-state index contributed by atoms with van der Waals surface area (Å²) >= 11 is 0. The predicted molar refractivity (Wildman–Crippen MR) is 98.0 cm³/mol. The molecular weight excluding hydrogens is 483 g/mol. The molecular formula is C21H20F2HfN-. The first kappa shape index (κ1) is 19.6. The van der Waals surface area contributed by atoms with Crippen LogP contribution in [0.15, 0.2) is 60.7 Å². The molecule has 0 saturated carbocycles. The van der Waals surface area contributed by atoms with Gasteiger partial charge in [0, 0.05) is 36.9 Å². The van der Waals surface area contributed by atoms with Crippen molar-refractivity contribution >= 4 is 21.7 Å². The zero-order chi connectivity index (χ0) is 14.5. The smallest absolute Gasteiger partial charge is 0.0516 e. The molecule has 5 rings (SSSR count). The summed E-state index contributed by atoms with van der Waals surface area (Å²) in [6.07, 6.45) is 5.06. The number of hydrogen-bond donors (Lipinski definition) is 0. The molecule has 0 fully saturated rings. The van der Waals surface area contributed by atoms with Crippen molar-refractivity contribution in [3.63, 3.8) is 0 Å². The monoisotopic (exact) mass is 504 g/mol. The van der Waals surface area contributed by atoms with Gasteiger partial charge in [-0.15, -0.1) is 41.1 Å². The van der Waals surface area contributed by atoms with E-state index in [0.29, 0.717) is 0 Å². The minimum absolute atomic E-state index is 0. The van der Waals surface area contributed by atoms with Gasteiger partial charge in [-0.25, -0.2) is 0 Å². The summed E-state index contributed by atoms with van der Waals surface area (Å²) in [5.41, 5.74) is 5.79. The fraction of sp³-hybridized carbons (Fsp3) is 0.190. The van der Waals surface area contributed by atoms with Crippen molar-refractivity contribution in [3.05, 3.63) is 71.9 Å². The number of nitrogens with zero attached hydrogens (tertiary/aromatic N) is 1. The predicted octanol–water partition coefficient (Wildman–Crippen LogP) is 5.68. The maximum absolute atomic E-state index is 2.50. The van der Waals surface area contributed by atoms with E-state index in [4.69, 9.17) is 0 Å². The molecule has 0 aliphatic heterocycles. The van der Waals surface area contributed by atoms with Crippen LogP contribution >= 0.6 is 0 Å². The van der Waals surface area contributed by atoms with E-state index in [-0.39, 0.29) is 35.3 Å². The third-order valence-corrected chi connectivity index (χ3v) is 5.04. The van der Waals surface area contributed by atoms with E-state index in [9.17, 15) is 0 Å². The molecule has 4 heteroatoms. The van der Waals surface area contributed by atoms with Crippen molar-refractivity contribution in [2.24, 2.45) is 0 Å². The van der Waals surface area contributed by atoms with E-state index in [1.807, 2.05) is 0 Å². The second kappa shape index (κ2) is 7.69. The maximum Gasteiger partial charge on any atom is 0.0516 e. The molecule has 0 unspecified atom stereocenters. The van der Waals surface area contributed by atoms with Gasteiger partial charge in [-0.2, -0.15) is 0 Å². The summed E-state index contributed by atoms with van der Waals surface area (Å²) in [5, 5.41) is 4.11. The SMILES string of the molecule is F.F.[Hf].c1ccc2[cH-]c(-n3c4c(c5ccccc53)CCCC4)cc2c1. The normalized spacial score (nSPS) is 12.8. The van der Waals surface area contributed by atoms with Crippen LogP contribution in [0.5, 0.6) is 0 Å². The van der Waals surface area contributed by atoms with Crippen LogP contribution in [0.25, 0.3) is 27.4 Å². The average molecular weight is 503 g/mol. The second-order valence-electron chi connectivity index (χ2n) is 6.33. The number of aryl methyl sites for hydroxylation is 1. The Morgan fingerprint density at radius 2 is 1.56 bits per heavy atom. The van der Waals surface area contributed by atoms with Crippen LogP contribution < -0.4 is 0 Å². The fourth-order valence-corrected chi connectivity index (χ4v) is 4.05. The summed E-state index contributed by atoms with van der Waals surface area (Å²) in [4.78, 5) is 0. The Morgan fingerprint density at radius 3 is 2.40 bits per heavy atom. The number of para-hydroxylation sites is 1. The number of rotatable bonds is 1. The number of hydrogen-bond acceptors (Lipinski definition) is 0. The molecule has 0 bridgehead atoms. The van der Waals surface area contributed by atoms with Gasteiger partial charge in [-0.05, 0) is 43.0 Å². The van der Waals surface area contributed by atoms with Gasteiger partial charge < -0.3 is 4.57 Å². The molecule has 1 aliphatic carbocycles. The standard InChI is InChI=1S/C21H18N.2FH.Hf/c1-2-8-16-14-17(13-15(16)7-1)22-20-11-5-3-9-18(20)19-10-4-6-12-21(19)22;;;/h1-3,5,7-9,11,13-14H,4,6,10,12H2;2*1H;/q-1;;;. The van der Waals surface area contributed by atoms with E-state index < -0.39 is 0 Å². The first-order valence-electron chi connectivity index (χ1n) is 8.19. The maximum atomic E-state index is 2.50. The van der Waals surface area contributed by atoms with E-state index in [1.165, 1.54) is 58.7 Å². The molecule has 0 radical (unpaired) electrons. The summed E-state index contributed by atoms with van der Waals surface area (Å²) in [7, 11) is 0. The molecule has 1 heterocycles. The molecule has 4 aromatic rings. The molecule has 0 atom stereocenters. The fourth-order valence-electron chi connectivity index (χ4n) is 4.05. The minimum Gasteiger partial charge on any atom is -0.332 e. The van der Waals surface area contributed by atoms with Crippen molar-refractivity contribution in [1.82, 2.24) is 4.57 Å². The van der Waals surface area contributed by atoms with Gasteiger partial charge in [-0.3, -0.25) is 9.41 Å². The quantitative estimate of drug-likeness (QED) is 0.233. The number of fused-ring (bicyclic) bond motifs is 4. The van der Waals surface area contributed by atoms with Gasteiger partial charge in [-0.1, -0.05) is 24.3 Å². The largest absolute Gasteiger partial charge is 0.332 e. The van der Waals surface area contributed by atoms with Gasteiger partial charge in [0.25, 0.3) is 0 Å². The first-order chi connectivity index (χ1) is 10.9. The number of halogens is 2. The van der Waals surface area contributed by atoms with E-state index in [0.717, 1.165) is 0 Å². The summed E-state index contributed by atoms with van der Waals surface area (Å²) in [6, 6.07) is 22.2. The van der Waals surface area contributed by atoms with Crippen LogP contribution in [0.1, 0.15) is 24.1 Å². The summed E-state index contributed by atoms with van der Waals surface area (Å²) in [6.45, 7) is 0. The third kappa shape index (κ3) is 3.01. The third-order valence-electron chi connectivity index (χ3n) is 5.04. The molecule has 3 aromatic carbocycles.